The van der Waals surface area contributed by atoms with Crippen molar-refractivity contribution >= 4 is 35.0 Å². The summed E-state index contributed by atoms with van der Waals surface area (Å²) < 4.78 is 18.9. The lowest BCUT2D eigenvalue weighted by Crippen LogP contribution is -2.49. The highest BCUT2D eigenvalue weighted by molar-refractivity contribution is 7.99. The van der Waals surface area contributed by atoms with E-state index < -0.39 is 0 Å². The molecule has 0 spiro atoms. The van der Waals surface area contributed by atoms with Crippen LogP contribution in [0.1, 0.15) is 11.5 Å². The molecule has 6 nitrogen and oxygen atoms in total. The molecule has 2 heterocycles. The van der Waals surface area contributed by atoms with Gasteiger partial charge in [0.25, 0.3) is 5.22 Å². The van der Waals surface area contributed by atoms with Gasteiger partial charge < -0.3 is 14.2 Å². The Kier molecular flexibility index (Phi) is 6.54. The molecule has 4 rings (SSSR count). The second-order valence-electron chi connectivity index (χ2n) is 6.90. The predicted molar refractivity (Wildman–Crippen MR) is 114 cm³/mol. The summed E-state index contributed by atoms with van der Waals surface area (Å²) in [6.07, 6.45) is 0.352. The SMILES string of the molecule is O=C(CSc1nnc(Cc2cccc(F)c2)o1)N1CCN(c2cccc(Cl)c2)CC1. The Morgan fingerprint density at radius 2 is 1.90 bits per heavy atom. The van der Waals surface area contributed by atoms with Crippen molar-refractivity contribution in [3.8, 4) is 0 Å². The van der Waals surface area contributed by atoms with Crippen LogP contribution in [0.15, 0.2) is 58.2 Å². The number of rotatable bonds is 6. The largest absolute Gasteiger partial charge is 0.416 e. The molecule has 0 aliphatic carbocycles. The third-order valence-electron chi connectivity index (χ3n) is 4.82. The quantitative estimate of drug-likeness (QED) is 0.535. The van der Waals surface area contributed by atoms with Crippen LogP contribution in [0, 0.1) is 5.82 Å². The van der Waals surface area contributed by atoms with E-state index in [1.165, 1.54) is 23.9 Å². The third-order valence-corrected chi connectivity index (χ3v) is 5.86. The number of hydrogen-bond acceptors (Lipinski definition) is 6. The first-order valence-corrected chi connectivity index (χ1v) is 10.9. The summed E-state index contributed by atoms with van der Waals surface area (Å²) in [5.41, 5.74) is 1.82. The minimum absolute atomic E-state index is 0.0376. The van der Waals surface area contributed by atoms with Gasteiger partial charge in [0.1, 0.15) is 5.82 Å². The van der Waals surface area contributed by atoms with Crippen LogP contribution in [-0.4, -0.2) is 52.9 Å². The van der Waals surface area contributed by atoms with E-state index in [9.17, 15) is 9.18 Å². The highest BCUT2D eigenvalue weighted by Gasteiger charge is 2.22. The number of hydrogen-bond donors (Lipinski definition) is 0. The van der Waals surface area contributed by atoms with Crippen LogP contribution in [0.3, 0.4) is 0 Å². The van der Waals surface area contributed by atoms with Gasteiger partial charge in [-0.1, -0.05) is 41.6 Å². The molecule has 30 heavy (non-hydrogen) atoms. The molecule has 0 radical (unpaired) electrons. The van der Waals surface area contributed by atoms with Crippen molar-refractivity contribution in [2.24, 2.45) is 0 Å². The highest BCUT2D eigenvalue weighted by atomic mass is 35.5. The molecular formula is C21H20ClFN4O2S. The van der Waals surface area contributed by atoms with Crippen LogP contribution in [0.25, 0.3) is 0 Å². The Morgan fingerprint density at radius 1 is 1.10 bits per heavy atom. The van der Waals surface area contributed by atoms with Gasteiger partial charge in [0.15, 0.2) is 0 Å². The first kappa shape index (κ1) is 20.7. The molecular weight excluding hydrogens is 427 g/mol. The summed E-state index contributed by atoms with van der Waals surface area (Å²) in [7, 11) is 0. The summed E-state index contributed by atoms with van der Waals surface area (Å²) >= 11 is 7.29. The number of piperazine rings is 1. The molecule has 0 N–H and O–H groups in total. The number of aromatic nitrogens is 2. The van der Waals surface area contributed by atoms with Gasteiger partial charge in [0.2, 0.25) is 11.8 Å². The molecule has 1 amide bonds. The van der Waals surface area contributed by atoms with Crippen molar-refractivity contribution < 1.29 is 13.6 Å². The number of halogens is 2. The van der Waals surface area contributed by atoms with E-state index in [1.54, 1.807) is 12.1 Å². The van der Waals surface area contributed by atoms with Crippen molar-refractivity contribution in [3.05, 3.63) is 70.8 Å². The number of carbonyl (C=O) groups is 1. The number of benzene rings is 2. The first-order valence-electron chi connectivity index (χ1n) is 9.55. The maximum Gasteiger partial charge on any atom is 0.277 e. The summed E-state index contributed by atoms with van der Waals surface area (Å²) in [6.45, 7) is 2.82. The van der Waals surface area contributed by atoms with Crippen LogP contribution in [0.4, 0.5) is 10.1 Å². The number of thioether (sulfide) groups is 1. The fourth-order valence-electron chi connectivity index (χ4n) is 3.29. The van der Waals surface area contributed by atoms with Gasteiger partial charge in [0.05, 0.1) is 12.2 Å². The van der Waals surface area contributed by atoms with Crippen molar-refractivity contribution in [1.82, 2.24) is 15.1 Å². The summed E-state index contributed by atoms with van der Waals surface area (Å²) in [5, 5.41) is 9.00. The molecule has 1 fully saturated rings. The maximum absolute atomic E-state index is 13.3. The van der Waals surface area contributed by atoms with Gasteiger partial charge in [-0.05, 0) is 35.9 Å². The fourth-order valence-corrected chi connectivity index (χ4v) is 4.16. The van der Waals surface area contributed by atoms with E-state index in [2.05, 4.69) is 15.1 Å². The minimum Gasteiger partial charge on any atom is -0.416 e. The minimum atomic E-state index is -0.303. The van der Waals surface area contributed by atoms with E-state index >= 15 is 0 Å². The maximum atomic E-state index is 13.3. The van der Waals surface area contributed by atoms with Crippen molar-refractivity contribution in [2.75, 3.05) is 36.8 Å². The second-order valence-corrected chi connectivity index (χ2v) is 8.27. The lowest BCUT2D eigenvalue weighted by molar-refractivity contribution is -0.128. The van der Waals surface area contributed by atoms with Gasteiger partial charge in [0, 0.05) is 36.9 Å². The Labute approximate surface area is 183 Å². The molecule has 0 atom stereocenters. The Bertz CT molecular complexity index is 1020. The third kappa shape index (κ3) is 5.31. The van der Waals surface area contributed by atoms with E-state index in [0.717, 1.165) is 24.3 Å². The highest BCUT2D eigenvalue weighted by Crippen LogP contribution is 2.22. The molecule has 1 aliphatic rings. The average Bonchev–Trinajstić information content (AvgIpc) is 3.19. The standard InChI is InChI=1S/C21H20ClFN4O2S/c22-16-4-2-6-18(13-16)26-7-9-27(10-8-26)20(28)14-30-21-25-24-19(29-21)12-15-3-1-5-17(23)11-15/h1-6,11,13H,7-10,12,14H2. The van der Waals surface area contributed by atoms with Crippen LogP contribution >= 0.6 is 23.4 Å². The summed E-state index contributed by atoms with van der Waals surface area (Å²) in [4.78, 5) is 16.6. The molecule has 0 bridgehead atoms. The molecule has 156 valence electrons. The van der Waals surface area contributed by atoms with Crippen LogP contribution in [0.5, 0.6) is 0 Å². The van der Waals surface area contributed by atoms with Crippen molar-refractivity contribution in [1.29, 1.82) is 0 Å². The van der Waals surface area contributed by atoms with Gasteiger partial charge in [-0.3, -0.25) is 4.79 Å². The van der Waals surface area contributed by atoms with Crippen molar-refractivity contribution in [3.63, 3.8) is 0 Å². The molecule has 3 aromatic rings. The Balaban J connectivity index is 1.25. The monoisotopic (exact) mass is 446 g/mol. The molecule has 0 unspecified atom stereocenters. The topological polar surface area (TPSA) is 62.5 Å². The van der Waals surface area contributed by atoms with E-state index in [4.69, 9.17) is 16.0 Å². The average molecular weight is 447 g/mol. The lowest BCUT2D eigenvalue weighted by atomic mass is 10.1. The Hall–Kier alpha value is -2.58. The molecule has 1 aliphatic heterocycles. The fraction of sp³-hybridized carbons (Fsp3) is 0.286. The summed E-state index contributed by atoms with van der Waals surface area (Å²) in [6, 6.07) is 14.0. The zero-order valence-electron chi connectivity index (χ0n) is 16.1. The van der Waals surface area contributed by atoms with Crippen LogP contribution in [-0.2, 0) is 11.2 Å². The smallest absolute Gasteiger partial charge is 0.277 e. The first-order chi connectivity index (χ1) is 14.6. The zero-order chi connectivity index (χ0) is 20.9. The van der Waals surface area contributed by atoms with Crippen LogP contribution in [0.2, 0.25) is 5.02 Å². The lowest BCUT2D eigenvalue weighted by Gasteiger charge is -2.36. The molecule has 2 aromatic carbocycles. The second kappa shape index (κ2) is 9.49. The van der Waals surface area contributed by atoms with E-state index in [0.29, 0.717) is 35.6 Å². The molecule has 1 saturated heterocycles. The molecule has 1 aromatic heterocycles. The summed E-state index contributed by atoms with van der Waals surface area (Å²) in [5.74, 6) is 0.364. The zero-order valence-corrected chi connectivity index (χ0v) is 17.7. The molecule has 0 saturated carbocycles. The number of amides is 1. The normalized spacial score (nSPS) is 14.2. The van der Waals surface area contributed by atoms with Gasteiger partial charge in [-0.15, -0.1) is 10.2 Å². The van der Waals surface area contributed by atoms with Crippen LogP contribution < -0.4 is 4.90 Å². The number of carbonyl (C=O) groups excluding carboxylic acids is 1. The number of anilines is 1. The van der Waals surface area contributed by atoms with Gasteiger partial charge in [-0.2, -0.15) is 0 Å². The number of nitrogens with zero attached hydrogens (tertiary/aromatic N) is 4. The van der Waals surface area contributed by atoms with Gasteiger partial charge >= 0.3 is 0 Å². The van der Waals surface area contributed by atoms with Gasteiger partial charge in [-0.25, -0.2) is 4.39 Å². The van der Waals surface area contributed by atoms with Crippen molar-refractivity contribution in [2.45, 2.75) is 11.6 Å². The van der Waals surface area contributed by atoms with E-state index in [1.807, 2.05) is 29.2 Å². The van der Waals surface area contributed by atoms with E-state index in [-0.39, 0.29) is 17.5 Å². The Morgan fingerprint density at radius 3 is 2.67 bits per heavy atom. The predicted octanol–water partition coefficient (Wildman–Crippen LogP) is 3.89. The molecule has 9 heteroatoms.